The zero-order valence-corrected chi connectivity index (χ0v) is 15.8. The smallest absolute Gasteiger partial charge is 0.228 e. The number of hydrogen-bond acceptors (Lipinski definition) is 4. The molecule has 1 fully saturated rings. The maximum absolute atomic E-state index is 12.7. The van der Waals surface area contributed by atoms with Crippen molar-refractivity contribution in [2.24, 2.45) is 0 Å². The van der Waals surface area contributed by atoms with Gasteiger partial charge in [-0.25, -0.2) is 4.98 Å². The Labute approximate surface area is 153 Å². The van der Waals surface area contributed by atoms with Gasteiger partial charge in [0, 0.05) is 23.5 Å². The second-order valence-corrected chi connectivity index (χ2v) is 7.25. The Kier molecular flexibility index (Phi) is 6.08. The van der Waals surface area contributed by atoms with Crippen molar-refractivity contribution in [1.29, 1.82) is 0 Å². The van der Waals surface area contributed by atoms with E-state index in [0.717, 1.165) is 41.4 Å². The first kappa shape index (κ1) is 17.9. The molecule has 1 saturated carbocycles. The molecule has 2 aromatic rings. The van der Waals surface area contributed by atoms with E-state index in [4.69, 9.17) is 4.74 Å². The lowest BCUT2D eigenvalue weighted by Crippen LogP contribution is -2.39. The highest BCUT2D eigenvalue weighted by Crippen LogP contribution is 2.27. The van der Waals surface area contributed by atoms with Crippen LogP contribution in [0.15, 0.2) is 29.6 Å². The van der Waals surface area contributed by atoms with Crippen LogP contribution in [0.5, 0.6) is 5.75 Å². The number of amides is 1. The molecule has 1 aliphatic rings. The first-order valence-corrected chi connectivity index (χ1v) is 10.1. The number of aromatic nitrogens is 1. The standard InChI is InChI=1S/C20H26N2O2S/c1-3-22(17-7-5-6-8-17)19(23)13-16-14-25-20(21-16)15-9-11-18(12-10-15)24-4-2/h9-12,14,17H,3-8,13H2,1-2H3. The number of benzene rings is 1. The third-order valence-corrected chi connectivity index (χ3v) is 5.66. The van der Waals surface area contributed by atoms with Gasteiger partial charge >= 0.3 is 0 Å². The van der Waals surface area contributed by atoms with E-state index >= 15 is 0 Å². The molecule has 1 amide bonds. The van der Waals surface area contributed by atoms with Crippen LogP contribution in [-0.4, -0.2) is 35.0 Å². The van der Waals surface area contributed by atoms with E-state index in [2.05, 4.69) is 11.9 Å². The Morgan fingerprint density at radius 2 is 1.96 bits per heavy atom. The summed E-state index contributed by atoms with van der Waals surface area (Å²) in [6.07, 6.45) is 5.18. The number of likely N-dealkylation sites (N-methyl/N-ethyl adjacent to an activating group) is 1. The number of ether oxygens (including phenoxy) is 1. The topological polar surface area (TPSA) is 42.4 Å². The van der Waals surface area contributed by atoms with Gasteiger partial charge in [0.15, 0.2) is 0 Å². The van der Waals surface area contributed by atoms with Gasteiger partial charge in [0.25, 0.3) is 0 Å². The van der Waals surface area contributed by atoms with E-state index in [1.54, 1.807) is 11.3 Å². The zero-order valence-electron chi connectivity index (χ0n) is 15.0. The molecular formula is C20H26N2O2S. The monoisotopic (exact) mass is 358 g/mol. The predicted molar refractivity (Wildman–Crippen MR) is 102 cm³/mol. The normalized spacial score (nSPS) is 14.6. The van der Waals surface area contributed by atoms with Crippen LogP contribution in [0.4, 0.5) is 0 Å². The fourth-order valence-electron chi connectivity index (χ4n) is 3.49. The lowest BCUT2D eigenvalue weighted by Gasteiger charge is -2.27. The van der Waals surface area contributed by atoms with Gasteiger partial charge in [-0.3, -0.25) is 4.79 Å². The summed E-state index contributed by atoms with van der Waals surface area (Å²) in [6, 6.07) is 8.40. The molecule has 1 heterocycles. The van der Waals surface area contributed by atoms with Crippen LogP contribution in [0.25, 0.3) is 10.6 Å². The van der Waals surface area contributed by atoms with Gasteiger partial charge in [-0.05, 0) is 51.0 Å². The molecule has 25 heavy (non-hydrogen) atoms. The van der Waals surface area contributed by atoms with Crippen molar-refractivity contribution < 1.29 is 9.53 Å². The largest absolute Gasteiger partial charge is 0.494 e. The number of hydrogen-bond donors (Lipinski definition) is 0. The van der Waals surface area contributed by atoms with Crippen LogP contribution >= 0.6 is 11.3 Å². The summed E-state index contributed by atoms with van der Waals surface area (Å²) in [4.78, 5) is 19.4. The molecule has 0 N–H and O–H groups in total. The molecule has 3 rings (SSSR count). The molecule has 0 radical (unpaired) electrons. The Morgan fingerprint density at radius 1 is 1.24 bits per heavy atom. The van der Waals surface area contributed by atoms with Crippen LogP contribution < -0.4 is 4.74 Å². The molecule has 1 aliphatic carbocycles. The maximum Gasteiger partial charge on any atom is 0.228 e. The summed E-state index contributed by atoms with van der Waals surface area (Å²) in [5, 5.41) is 2.96. The van der Waals surface area contributed by atoms with Crippen molar-refractivity contribution in [1.82, 2.24) is 9.88 Å². The van der Waals surface area contributed by atoms with Crippen LogP contribution in [0, 0.1) is 0 Å². The van der Waals surface area contributed by atoms with Gasteiger partial charge in [0.05, 0.1) is 18.7 Å². The lowest BCUT2D eigenvalue weighted by atomic mass is 10.2. The van der Waals surface area contributed by atoms with Crippen LogP contribution in [-0.2, 0) is 11.2 Å². The van der Waals surface area contributed by atoms with Gasteiger partial charge in [-0.15, -0.1) is 11.3 Å². The average molecular weight is 359 g/mol. The van der Waals surface area contributed by atoms with E-state index < -0.39 is 0 Å². The minimum atomic E-state index is 0.206. The van der Waals surface area contributed by atoms with Crippen LogP contribution in [0.2, 0.25) is 0 Å². The van der Waals surface area contributed by atoms with Crippen LogP contribution in [0.1, 0.15) is 45.2 Å². The zero-order chi connectivity index (χ0) is 17.6. The molecule has 0 spiro atoms. The number of rotatable bonds is 7. The number of thiazole rings is 1. The van der Waals surface area contributed by atoms with Gasteiger partial charge in [-0.2, -0.15) is 0 Å². The van der Waals surface area contributed by atoms with Crippen molar-refractivity contribution in [2.45, 2.75) is 52.0 Å². The third kappa shape index (κ3) is 4.40. The van der Waals surface area contributed by atoms with Gasteiger partial charge in [0.2, 0.25) is 5.91 Å². The highest BCUT2D eigenvalue weighted by molar-refractivity contribution is 7.13. The predicted octanol–water partition coefficient (Wildman–Crippen LogP) is 4.54. The first-order chi connectivity index (χ1) is 12.2. The average Bonchev–Trinajstić information content (AvgIpc) is 3.29. The summed E-state index contributed by atoms with van der Waals surface area (Å²) < 4.78 is 5.47. The highest BCUT2D eigenvalue weighted by atomic mass is 32.1. The molecule has 134 valence electrons. The quantitative estimate of drug-likeness (QED) is 0.729. The Hall–Kier alpha value is -1.88. The van der Waals surface area contributed by atoms with Crippen molar-refractivity contribution >= 4 is 17.2 Å². The maximum atomic E-state index is 12.7. The van der Waals surface area contributed by atoms with E-state index in [9.17, 15) is 4.79 Å². The molecule has 0 aliphatic heterocycles. The van der Waals surface area contributed by atoms with E-state index in [1.165, 1.54) is 12.8 Å². The summed E-state index contributed by atoms with van der Waals surface area (Å²) in [5.74, 6) is 1.08. The molecule has 1 aromatic heterocycles. The first-order valence-electron chi connectivity index (χ1n) is 9.18. The fourth-order valence-corrected chi connectivity index (χ4v) is 4.32. The van der Waals surface area contributed by atoms with E-state index in [-0.39, 0.29) is 5.91 Å². The van der Waals surface area contributed by atoms with Crippen LogP contribution in [0.3, 0.4) is 0 Å². The molecular weight excluding hydrogens is 332 g/mol. The SMILES string of the molecule is CCOc1ccc(-c2nc(CC(=O)N(CC)C3CCCC3)cs2)cc1. The Morgan fingerprint density at radius 3 is 2.60 bits per heavy atom. The van der Waals surface area contributed by atoms with E-state index in [1.807, 2.05) is 41.5 Å². The minimum Gasteiger partial charge on any atom is -0.494 e. The number of carbonyl (C=O) groups excluding carboxylic acids is 1. The molecule has 5 heteroatoms. The van der Waals surface area contributed by atoms with Gasteiger partial charge in [-0.1, -0.05) is 12.8 Å². The number of nitrogens with zero attached hydrogens (tertiary/aromatic N) is 2. The molecule has 0 bridgehead atoms. The van der Waals surface area contributed by atoms with Crippen molar-refractivity contribution in [2.75, 3.05) is 13.2 Å². The minimum absolute atomic E-state index is 0.206. The number of carbonyl (C=O) groups is 1. The second kappa shape index (κ2) is 8.48. The van der Waals surface area contributed by atoms with Crippen molar-refractivity contribution in [3.8, 4) is 16.3 Å². The fraction of sp³-hybridized carbons (Fsp3) is 0.500. The summed E-state index contributed by atoms with van der Waals surface area (Å²) >= 11 is 1.59. The molecule has 0 unspecified atom stereocenters. The Balaban J connectivity index is 1.65. The van der Waals surface area contributed by atoms with Gasteiger partial charge < -0.3 is 9.64 Å². The summed E-state index contributed by atoms with van der Waals surface area (Å²) in [5.41, 5.74) is 1.94. The second-order valence-electron chi connectivity index (χ2n) is 6.40. The molecule has 0 saturated heterocycles. The summed E-state index contributed by atoms with van der Waals surface area (Å²) in [7, 11) is 0. The van der Waals surface area contributed by atoms with Crippen molar-refractivity contribution in [3.63, 3.8) is 0 Å². The van der Waals surface area contributed by atoms with Crippen molar-refractivity contribution in [3.05, 3.63) is 35.3 Å². The molecule has 4 nitrogen and oxygen atoms in total. The Bertz CT molecular complexity index is 690. The third-order valence-electron chi connectivity index (χ3n) is 4.72. The lowest BCUT2D eigenvalue weighted by molar-refractivity contribution is -0.132. The van der Waals surface area contributed by atoms with Gasteiger partial charge in [0.1, 0.15) is 10.8 Å². The summed E-state index contributed by atoms with van der Waals surface area (Å²) in [6.45, 7) is 5.50. The molecule has 1 aromatic carbocycles. The van der Waals surface area contributed by atoms with E-state index in [0.29, 0.717) is 19.1 Å². The highest BCUT2D eigenvalue weighted by Gasteiger charge is 2.25. The molecule has 0 atom stereocenters.